The van der Waals surface area contributed by atoms with Gasteiger partial charge in [-0.3, -0.25) is 4.79 Å². The van der Waals surface area contributed by atoms with Crippen molar-refractivity contribution >= 4 is 35.1 Å². The van der Waals surface area contributed by atoms with Gasteiger partial charge in [-0.15, -0.1) is 11.8 Å². The third-order valence-electron chi connectivity index (χ3n) is 4.36. The number of aromatic nitrogens is 4. The minimum Gasteiger partial charge on any atom is -0.309 e. The number of rotatable bonds is 2. The molecule has 138 valence electrons. The Hall–Kier alpha value is -2.38. The summed E-state index contributed by atoms with van der Waals surface area (Å²) < 4.78 is 1.62. The average Bonchev–Trinajstić information content (AvgIpc) is 2.81. The topological polar surface area (TPSA) is 72.7 Å². The SMILES string of the molecule is Cc1cc(C)nc(-n2nc(C)c3c2NC(=O)CS[C@@H]3c2ccccc2Cl)n1. The van der Waals surface area contributed by atoms with Crippen molar-refractivity contribution in [2.75, 3.05) is 11.1 Å². The fraction of sp³-hybridized carbons (Fsp3) is 0.263. The summed E-state index contributed by atoms with van der Waals surface area (Å²) in [5.74, 6) is 1.30. The highest BCUT2D eigenvalue weighted by molar-refractivity contribution is 8.00. The Balaban J connectivity index is 1.93. The lowest BCUT2D eigenvalue weighted by Gasteiger charge is -2.16. The number of anilines is 1. The van der Waals surface area contributed by atoms with E-state index in [1.54, 1.807) is 16.4 Å². The molecular weight excluding hydrogens is 382 g/mol. The molecule has 0 fully saturated rings. The molecule has 4 rings (SSSR count). The number of hydrogen-bond donors (Lipinski definition) is 1. The van der Waals surface area contributed by atoms with Crippen LogP contribution in [0, 0.1) is 20.8 Å². The van der Waals surface area contributed by atoms with Crippen molar-refractivity contribution < 1.29 is 4.79 Å². The van der Waals surface area contributed by atoms with Crippen LogP contribution in [0.15, 0.2) is 30.3 Å². The number of nitrogens with zero attached hydrogens (tertiary/aromatic N) is 4. The summed E-state index contributed by atoms with van der Waals surface area (Å²) in [4.78, 5) is 21.4. The fourth-order valence-electron chi connectivity index (χ4n) is 3.26. The van der Waals surface area contributed by atoms with E-state index in [2.05, 4.69) is 20.4 Å². The summed E-state index contributed by atoms with van der Waals surface area (Å²) in [6, 6.07) is 9.61. The molecule has 2 aromatic heterocycles. The molecule has 1 aliphatic heterocycles. The standard InChI is InChI=1S/C19H18ClN5OS/c1-10-8-11(2)22-19(21-10)25-18-16(12(3)24-25)17(27-9-15(26)23-18)13-6-4-5-7-14(13)20/h4-8,17H,9H2,1-3H3,(H,23,26)/t17-/m1/s1. The highest BCUT2D eigenvalue weighted by atomic mass is 35.5. The second kappa shape index (κ2) is 6.98. The zero-order chi connectivity index (χ0) is 19.1. The molecule has 1 aliphatic rings. The van der Waals surface area contributed by atoms with Crippen LogP contribution in [0.25, 0.3) is 5.95 Å². The van der Waals surface area contributed by atoms with E-state index in [0.717, 1.165) is 28.2 Å². The maximum Gasteiger partial charge on any atom is 0.252 e. The lowest BCUT2D eigenvalue weighted by Crippen LogP contribution is -2.17. The number of nitrogens with one attached hydrogen (secondary N) is 1. The Kier molecular flexibility index (Phi) is 4.65. The number of hydrogen-bond acceptors (Lipinski definition) is 5. The summed E-state index contributed by atoms with van der Waals surface area (Å²) in [6.07, 6.45) is 0. The second-order valence-corrected chi connectivity index (χ2v) is 7.97. The van der Waals surface area contributed by atoms with Gasteiger partial charge < -0.3 is 5.32 Å². The molecule has 3 aromatic rings. The predicted octanol–water partition coefficient (Wildman–Crippen LogP) is 4.02. The van der Waals surface area contributed by atoms with Crippen LogP contribution in [0.3, 0.4) is 0 Å². The van der Waals surface area contributed by atoms with Crippen LogP contribution >= 0.6 is 23.4 Å². The molecule has 1 N–H and O–H groups in total. The number of halogens is 1. The van der Waals surface area contributed by atoms with E-state index in [4.69, 9.17) is 11.6 Å². The largest absolute Gasteiger partial charge is 0.309 e. The first-order valence-corrected chi connectivity index (χ1v) is 9.95. The third-order valence-corrected chi connectivity index (χ3v) is 5.95. The molecule has 1 atom stereocenters. The molecule has 3 heterocycles. The van der Waals surface area contributed by atoms with Crippen molar-refractivity contribution in [3.05, 3.63) is 63.6 Å². The number of amides is 1. The van der Waals surface area contributed by atoms with Crippen LogP contribution in [-0.4, -0.2) is 31.4 Å². The molecule has 0 spiro atoms. The van der Waals surface area contributed by atoms with Crippen LogP contribution in [0.1, 0.15) is 33.5 Å². The van der Waals surface area contributed by atoms with Gasteiger partial charge in [0.2, 0.25) is 5.91 Å². The molecule has 27 heavy (non-hydrogen) atoms. The summed E-state index contributed by atoms with van der Waals surface area (Å²) in [7, 11) is 0. The van der Waals surface area contributed by atoms with Crippen molar-refractivity contribution in [3.63, 3.8) is 0 Å². The molecule has 0 bridgehead atoms. The molecule has 0 unspecified atom stereocenters. The van der Waals surface area contributed by atoms with Crippen molar-refractivity contribution in [2.24, 2.45) is 0 Å². The van der Waals surface area contributed by atoms with E-state index < -0.39 is 0 Å². The van der Waals surface area contributed by atoms with Crippen LogP contribution in [0.5, 0.6) is 0 Å². The van der Waals surface area contributed by atoms with Gasteiger partial charge in [0.15, 0.2) is 0 Å². The van der Waals surface area contributed by atoms with Gasteiger partial charge in [0.1, 0.15) is 5.82 Å². The Morgan fingerprint density at radius 2 is 1.89 bits per heavy atom. The first-order valence-electron chi connectivity index (χ1n) is 8.52. The Labute approximate surface area is 166 Å². The summed E-state index contributed by atoms with van der Waals surface area (Å²) in [5, 5.41) is 8.20. The Bertz CT molecular complexity index is 1030. The first kappa shape index (κ1) is 18.0. The molecule has 0 radical (unpaired) electrons. The van der Waals surface area contributed by atoms with Crippen molar-refractivity contribution in [2.45, 2.75) is 26.0 Å². The van der Waals surface area contributed by atoms with Gasteiger partial charge in [0, 0.05) is 22.0 Å². The molecule has 0 saturated heterocycles. The predicted molar refractivity (Wildman–Crippen MR) is 108 cm³/mol. The number of carbonyl (C=O) groups is 1. The highest BCUT2D eigenvalue weighted by Crippen LogP contribution is 2.45. The van der Waals surface area contributed by atoms with E-state index in [0.29, 0.717) is 22.5 Å². The zero-order valence-corrected chi connectivity index (χ0v) is 16.7. The van der Waals surface area contributed by atoms with Crippen molar-refractivity contribution in [3.8, 4) is 5.95 Å². The van der Waals surface area contributed by atoms with Crippen LogP contribution in [-0.2, 0) is 4.79 Å². The normalized spacial score (nSPS) is 16.6. The number of aryl methyl sites for hydroxylation is 3. The van der Waals surface area contributed by atoms with Crippen LogP contribution in [0.2, 0.25) is 5.02 Å². The smallest absolute Gasteiger partial charge is 0.252 e. The quantitative estimate of drug-likeness (QED) is 0.704. The molecule has 1 amide bonds. The maximum atomic E-state index is 12.4. The minimum absolute atomic E-state index is 0.0821. The van der Waals surface area contributed by atoms with E-state index in [-0.39, 0.29) is 11.2 Å². The van der Waals surface area contributed by atoms with Crippen molar-refractivity contribution in [1.82, 2.24) is 19.7 Å². The third kappa shape index (κ3) is 3.33. The molecular formula is C19H18ClN5OS. The summed E-state index contributed by atoms with van der Waals surface area (Å²) in [6.45, 7) is 5.75. The van der Waals surface area contributed by atoms with E-state index in [1.807, 2.05) is 51.1 Å². The van der Waals surface area contributed by atoms with Gasteiger partial charge in [0.25, 0.3) is 5.95 Å². The lowest BCUT2D eigenvalue weighted by molar-refractivity contribution is -0.113. The number of carbonyl (C=O) groups excluding carboxylic acids is 1. The minimum atomic E-state index is -0.104. The van der Waals surface area contributed by atoms with Gasteiger partial charge in [0.05, 0.1) is 16.7 Å². The molecule has 0 aliphatic carbocycles. The molecule has 1 aromatic carbocycles. The fourth-order valence-corrected chi connectivity index (χ4v) is 4.80. The maximum absolute atomic E-state index is 12.4. The summed E-state index contributed by atoms with van der Waals surface area (Å²) in [5.41, 5.74) is 4.40. The molecule has 0 saturated carbocycles. The van der Waals surface area contributed by atoms with Crippen LogP contribution < -0.4 is 5.32 Å². The van der Waals surface area contributed by atoms with E-state index >= 15 is 0 Å². The van der Waals surface area contributed by atoms with Crippen LogP contribution in [0.4, 0.5) is 5.82 Å². The van der Waals surface area contributed by atoms with E-state index in [1.165, 1.54) is 0 Å². The van der Waals surface area contributed by atoms with Crippen molar-refractivity contribution in [1.29, 1.82) is 0 Å². The summed E-state index contributed by atoms with van der Waals surface area (Å²) >= 11 is 8.00. The van der Waals surface area contributed by atoms with E-state index in [9.17, 15) is 4.79 Å². The zero-order valence-electron chi connectivity index (χ0n) is 15.2. The van der Waals surface area contributed by atoms with Gasteiger partial charge in [-0.1, -0.05) is 29.8 Å². The van der Waals surface area contributed by atoms with Gasteiger partial charge in [-0.05, 0) is 38.5 Å². The molecule has 8 heteroatoms. The average molecular weight is 400 g/mol. The van der Waals surface area contributed by atoms with Gasteiger partial charge in [-0.2, -0.15) is 9.78 Å². The number of fused-ring (bicyclic) bond motifs is 1. The monoisotopic (exact) mass is 399 g/mol. The van der Waals surface area contributed by atoms with Gasteiger partial charge >= 0.3 is 0 Å². The molecule has 6 nitrogen and oxygen atoms in total. The second-order valence-electron chi connectivity index (χ2n) is 6.47. The highest BCUT2D eigenvalue weighted by Gasteiger charge is 2.32. The number of benzene rings is 1. The van der Waals surface area contributed by atoms with Gasteiger partial charge in [-0.25, -0.2) is 9.97 Å². The first-order chi connectivity index (χ1) is 12.9. The lowest BCUT2D eigenvalue weighted by atomic mass is 10.0. The Morgan fingerprint density at radius 3 is 2.59 bits per heavy atom. The Morgan fingerprint density at radius 1 is 1.19 bits per heavy atom. The number of thioether (sulfide) groups is 1.